The van der Waals surface area contributed by atoms with Gasteiger partial charge in [-0.2, -0.15) is 0 Å². The lowest BCUT2D eigenvalue weighted by atomic mass is 10.00. The molecule has 1 aliphatic rings. The van der Waals surface area contributed by atoms with Crippen molar-refractivity contribution in [3.8, 4) is 0 Å². The highest BCUT2D eigenvalue weighted by atomic mass is 32.1. The van der Waals surface area contributed by atoms with Gasteiger partial charge in [0.25, 0.3) is 5.56 Å². The van der Waals surface area contributed by atoms with Crippen molar-refractivity contribution in [1.29, 1.82) is 0 Å². The highest BCUT2D eigenvalue weighted by Gasteiger charge is 2.19. The van der Waals surface area contributed by atoms with Crippen LogP contribution in [0.25, 0.3) is 16.7 Å². The summed E-state index contributed by atoms with van der Waals surface area (Å²) in [4.78, 5) is 15.6. The van der Waals surface area contributed by atoms with Crippen molar-refractivity contribution in [2.45, 2.75) is 53.2 Å². The predicted octanol–water partition coefficient (Wildman–Crippen LogP) is 3.92. The van der Waals surface area contributed by atoms with Crippen LogP contribution < -0.4 is 5.56 Å². The van der Waals surface area contributed by atoms with E-state index in [1.54, 1.807) is 4.57 Å². The zero-order valence-corrected chi connectivity index (χ0v) is 17.8. The van der Waals surface area contributed by atoms with Crippen LogP contribution in [0.15, 0.2) is 29.1 Å². The number of likely N-dealkylation sites (tertiary alicyclic amines) is 1. The maximum Gasteiger partial charge on any atom is 0.262 e. The van der Waals surface area contributed by atoms with E-state index in [9.17, 15) is 4.79 Å². The van der Waals surface area contributed by atoms with Gasteiger partial charge < -0.3 is 0 Å². The SMILES string of the molecule is CC(C)CCn1c(=O)c2ccccc2n2c(=S)n(CN3CCC(C)CC3)nc12. The number of hydrogen-bond donors (Lipinski definition) is 0. The Morgan fingerprint density at radius 2 is 1.93 bits per heavy atom. The first kappa shape index (κ1) is 19.3. The summed E-state index contributed by atoms with van der Waals surface area (Å²) in [5, 5.41) is 5.51. The van der Waals surface area contributed by atoms with E-state index in [2.05, 4.69) is 25.7 Å². The average Bonchev–Trinajstić information content (AvgIpc) is 2.99. The second-order valence-corrected chi connectivity index (χ2v) is 8.88. The summed E-state index contributed by atoms with van der Waals surface area (Å²) in [6.45, 7) is 10.1. The van der Waals surface area contributed by atoms with Crippen molar-refractivity contribution in [1.82, 2.24) is 23.6 Å². The van der Waals surface area contributed by atoms with Crippen molar-refractivity contribution in [3.63, 3.8) is 0 Å². The quantitative estimate of drug-likeness (QED) is 0.610. The standard InChI is InChI=1S/C21H29N5OS/c1-15(2)8-13-24-19(27)17-6-4-5-7-18(17)26-20(24)22-25(21(26)28)14-23-11-9-16(3)10-12-23/h4-7,15-16H,8-14H2,1-3H3. The fourth-order valence-corrected chi connectivity index (χ4v) is 4.22. The lowest BCUT2D eigenvalue weighted by molar-refractivity contribution is 0.146. The summed E-state index contributed by atoms with van der Waals surface area (Å²) in [6, 6.07) is 7.70. The molecule has 0 bridgehead atoms. The molecule has 0 aliphatic carbocycles. The van der Waals surface area contributed by atoms with Crippen molar-refractivity contribution in [2.24, 2.45) is 11.8 Å². The largest absolute Gasteiger partial charge is 0.284 e. The van der Waals surface area contributed by atoms with Crippen molar-refractivity contribution < 1.29 is 0 Å². The molecule has 1 aromatic carbocycles. The van der Waals surface area contributed by atoms with Crippen LogP contribution in [0.3, 0.4) is 0 Å². The van der Waals surface area contributed by atoms with Gasteiger partial charge in [0, 0.05) is 19.6 Å². The van der Waals surface area contributed by atoms with Crippen LogP contribution in [0.5, 0.6) is 0 Å². The van der Waals surface area contributed by atoms with Crippen molar-refractivity contribution >= 4 is 28.9 Å². The molecule has 4 rings (SSSR count). The van der Waals surface area contributed by atoms with Crippen molar-refractivity contribution in [3.05, 3.63) is 39.4 Å². The van der Waals surface area contributed by atoms with Crippen LogP contribution in [-0.2, 0) is 13.2 Å². The summed E-state index contributed by atoms with van der Waals surface area (Å²) >= 11 is 5.81. The number of benzene rings is 1. The molecule has 28 heavy (non-hydrogen) atoms. The van der Waals surface area contributed by atoms with Crippen LogP contribution in [0.1, 0.15) is 40.0 Å². The maximum absolute atomic E-state index is 13.2. The van der Waals surface area contributed by atoms with Gasteiger partial charge in [-0.15, -0.1) is 5.10 Å². The van der Waals surface area contributed by atoms with Gasteiger partial charge in [0.15, 0.2) is 0 Å². The summed E-state index contributed by atoms with van der Waals surface area (Å²) in [7, 11) is 0. The van der Waals surface area contributed by atoms with Gasteiger partial charge in [0.2, 0.25) is 10.5 Å². The van der Waals surface area contributed by atoms with Gasteiger partial charge in [0.05, 0.1) is 17.6 Å². The monoisotopic (exact) mass is 399 g/mol. The smallest absolute Gasteiger partial charge is 0.262 e. The Kier molecular flexibility index (Phi) is 5.38. The summed E-state index contributed by atoms with van der Waals surface area (Å²) in [5.74, 6) is 1.95. The van der Waals surface area contributed by atoms with Gasteiger partial charge >= 0.3 is 0 Å². The molecule has 0 spiro atoms. The normalized spacial score (nSPS) is 16.6. The molecule has 0 N–H and O–H groups in total. The maximum atomic E-state index is 13.2. The fraction of sp³-hybridized carbons (Fsp3) is 0.571. The molecule has 7 heteroatoms. The minimum absolute atomic E-state index is 0.0164. The average molecular weight is 400 g/mol. The Bertz CT molecular complexity index is 1100. The Morgan fingerprint density at radius 1 is 1.21 bits per heavy atom. The number of piperidine rings is 1. The Balaban J connectivity index is 1.84. The third kappa shape index (κ3) is 3.53. The molecule has 0 unspecified atom stereocenters. The zero-order valence-electron chi connectivity index (χ0n) is 17.0. The number of aromatic nitrogens is 4. The van der Waals surface area contributed by atoms with E-state index in [1.165, 1.54) is 12.8 Å². The van der Waals surface area contributed by atoms with E-state index in [1.807, 2.05) is 33.3 Å². The minimum atomic E-state index is 0.0164. The summed E-state index contributed by atoms with van der Waals surface area (Å²) < 4.78 is 6.31. The van der Waals surface area contributed by atoms with Gasteiger partial charge in [-0.25, -0.2) is 4.68 Å². The Hall–Kier alpha value is -1.99. The lowest BCUT2D eigenvalue weighted by Gasteiger charge is -2.29. The molecule has 3 heterocycles. The molecule has 2 aromatic heterocycles. The number of nitrogens with zero attached hydrogens (tertiary/aromatic N) is 5. The first-order valence-corrected chi connectivity index (χ1v) is 10.7. The predicted molar refractivity (Wildman–Crippen MR) is 115 cm³/mol. The molecule has 6 nitrogen and oxygen atoms in total. The van der Waals surface area contributed by atoms with Crippen molar-refractivity contribution in [2.75, 3.05) is 13.1 Å². The van der Waals surface area contributed by atoms with Crippen LogP contribution >= 0.6 is 12.2 Å². The van der Waals surface area contributed by atoms with Gasteiger partial charge in [-0.3, -0.25) is 18.7 Å². The zero-order chi connectivity index (χ0) is 19.8. The van der Waals surface area contributed by atoms with Crippen LogP contribution in [0, 0.1) is 16.6 Å². The topological polar surface area (TPSA) is 47.5 Å². The van der Waals surface area contributed by atoms with Gasteiger partial charge in [-0.1, -0.05) is 32.9 Å². The minimum Gasteiger partial charge on any atom is -0.284 e. The molecule has 0 radical (unpaired) electrons. The van der Waals surface area contributed by atoms with E-state index in [0.29, 0.717) is 35.1 Å². The number of rotatable bonds is 5. The molecule has 3 aromatic rings. The number of hydrogen-bond acceptors (Lipinski definition) is 4. The molecule has 0 atom stereocenters. The summed E-state index contributed by atoms with van der Waals surface area (Å²) in [6.07, 6.45) is 3.35. The first-order valence-electron chi connectivity index (χ1n) is 10.3. The number of para-hydroxylation sites is 1. The second-order valence-electron chi connectivity index (χ2n) is 8.52. The van der Waals surface area contributed by atoms with Crippen LogP contribution in [-0.4, -0.2) is 36.7 Å². The van der Waals surface area contributed by atoms with E-state index in [4.69, 9.17) is 17.3 Å². The molecule has 0 saturated carbocycles. The number of aryl methyl sites for hydroxylation is 1. The molecule has 1 aliphatic heterocycles. The molecule has 0 amide bonds. The van der Waals surface area contributed by atoms with E-state index >= 15 is 0 Å². The molecule has 1 saturated heterocycles. The Morgan fingerprint density at radius 3 is 2.64 bits per heavy atom. The highest BCUT2D eigenvalue weighted by Crippen LogP contribution is 2.18. The molecular weight excluding hydrogens is 370 g/mol. The van der Waals surface area contributed by atoms with Crippen LogP contribution in [0.2, 0.25) is 0 Å². The highest BCUT2D eigenvalue weighted by molar-refractivity contribution is 7.71. The summed E-state index contributed by atoms with van der Waals surface area (Å²) in [5.41, 5.74) is 0.856. The second kappa shape index (κ2) is 7.79. The number of fused-ring (bicyclic) bond motifs is 3. The van der Waals surface area contributed by atoms with E-state index in [0.717, 1.165) is 30.9 Å². The third-order valence-corrected chi connectivity index (χ3v) is 6.22. The fourth-order valence-electron chi connectivity index (χ4n) is 3.94. The Labute approximate surface area is 170 Å². The van der Waals surface area contributed by atoms with E-state index in [-0.39, 0.29) is 5.56 Å². The first-order chi connectivity index (χ1) is 13.5. The van der Waals surface area contributed by atoms with Gasteiger partial charge in [0.1, 0.15) is 0 Å². The molecule has 150 valence electrons. The van der Waals surface area contributed by atoms with E-state index < -0.39 is 0 Å². The molecule has 1 fully saturated rings. The molecular formula is C21H29N5OS. The lowest BCUT2D eigenvalue weighted by Crippen LogP contribution is -2.34. The van der Waals surface area contributed by atoms with Gasteiger partial charge in [-0.05, 0) is 55.4 Å². The van der Waals surface area contributed by atoms with Crippen LogP contribution in [0.4, 0.5) is 0 Å². The third-order valence-electron chi connectivity index (χ3n) is 5.82.